The monoisotopic (exact) mass is 245 g/mol. The number of rotatable bonds is 5. The maximum atomic E-state index is 11.6. The van der Waals surface area contributed by atoms with Crippen LogP contribution in [0.25, 0.3) is 0 Å². The van der Waals surface area contributed by atoms with Gasteiger partial charge in [-0.15, -0.1) is 0 Å². The van der Waals surface area contributed by atoms with Crippen LogP contribution in [0.2, 0.25) is 5.02 Å². The lowest BCUT2D eigenvalue weighted by molar-refractivity contribution is 0.679. The summed E-state index contributed by atoms with van der Waals surface area (Å²) in [5, 5.41) is 0.621. The van der Waals surface area contributed by atoms with Crippen LogP contribution >= 0.6 is 11.6 Å². The first-order chi connectivity index (χ1) is 7.13. The highest BCUT2D eigenvalue weighted by Gasteiger charge is 2.05. The summed E-state index contributed by atoms with van der Waals surface area (Å²) >= 11 is 5.78. The van der Waals surface area contributed by atoms with E-state index in [0.29, 0.717) is 16.5 Å². The average Bonchev–Trinajstić information content (AvgIpc) is 2.19. The van der Waals surface area contributed by atoms with Crippen LogP contribution in [-0.4, -0.2) is 9.96 Å². The highest BCUT2D eigenvalue weighted by Crippen LogP contribution is 2.19. The Labute approximate surface area is 98.3 Å². The number of nitrogens with two attached hydrogens (primary N) is 1. The lowest BCUT2D eigenvalue weighted by Gasteiger charge is -2.05. The maximum absolute atomic E-state index is 11.6. The zero-order valence-electron chi connectivity index (χ0n) is 8.83. The van der Waals surface area contributed by atoms with Gasteiger partial charge in [0.15, 0.2) is 0 Å². The minimum atomic E-state index is -0.811. The third-order valence-corrected chi connectivity index (χ3v) is 3.76. The van der Waals surface area contributed by atoms with Gasteiger partial charge in [-0.05, 0) is 24.1 Å². The van der Waals surface area contributed by atoms with Crippen LogP contribution < -0.4 is 5.73 Å². The molecule has 2 nitrogen and oxygen atoms in total. The van der Waals surface area contributed by atoms with Crippen LogP contribution in [0.5, 0.6) is 0 Å². The fraction of sp³-hybridized carbons (Fsp3) is 0.455. The van der Waals surface area contributed by atoms with E-state index in [0.717, 1.165) is 24.2 Å². The number of unbranched alkanes of at least 4 members (excludes halogenated alkanes) is 1. The quantitative estimate of drug-likeness (QED) is 0.811. The number of halogens is 1. The van der Waals surface area contributed by atoms with Gasteiger partial charge in [-0.3, -0.25) is 4.21 Å². The highest BCUT2D eigenvalue weighted by atomic mass is 35.5. The van der Waals surface area contributed by atoms with Gasteiger partial charge in [0.25, 0.3) is 0 Å². The Kier molecular flexibility index (Phi) is 5.12. The average molecular weight is 246 g/mol. The van der Waals surface area contributed by atoms with Crippen molar-refractivity contribution >= 4 is 28.1 Å². The zero-order chi connectivity index (χ0) is 11.3. The minimum absolute atomic E-state index is 0.531. The predicted octanol–water partition coefficient (Wildman–Crippen LogP) is 2.97. The van der Waals surface area contributed by atoms with E-state index in [1.165, 1.54) is 0 Å². The molecule has 0 radical (unpaired) electrons. The van der Waals surface area contributed by atoms with Crippen LogP contribution in [0.15, 0.2) is 18.2 Å². The normalized spacial score (nSPS) is 12.7. The molecule has 1 aromatic rings. The molecule has 0 saturated carbocycles. The van der Waals surface area contributed by atoms with Gasteiger partial charge in [0.2, 0.25) is 0 Å². The molecule has 15 heavy (non-hydrogen) atoms. The summed E-state index contributed by atoms with van der Waals surface area (Å²) in [7, 11) is -0.811. The van der Waals surface area contributed by atoms with E-state index in [2.05, 4.69) is 6.92 Å². The largest absolute Gasteiger partial charge is 0.398 e. The molecule has 84 valence electrons. The standard InChI is InChI=1S/C11H16ClNOS/c1-2-3-6-15(14)8-9-4-5-10(12)7-11(9)13/h4-5,7H,2-3,6,8,13H2,1H3. The summed E-state index contributed by atoms with van der Waals surface area (Å²) in [6.45, 7) is 2.09. The van der Waals surface area contributed by atoms with Crippen LogP contribution in [0.3, 0.4) is 0 Å². The highest BCUT2D eigenvalue weighted by molar-refractivity contribution is 7.84. The van der Waals surface area contributed by atoms with E-state index in [1.54, 1.807) is 12.1 Å². The molecule has 0 aromatic heterocycles. The van der Waals surface area contributed by atoms with Gasteiger partial charge >= 0.3 is 0 Å². The van der Waals surface area contributed by atoms with Crippen molar-refractivity contribution in [1.82, 2.24) is 0 Å². The molecule has 0 fully saturated rings. The Morgan fingerprint density at radius 1 is 1.47 bits per heavy atom. The fourth-order valence-electron chi connectivity index (χ4n) is 1.25. The number of hydrogen-bond acceptors (Lipinski definition) is 2. The lowest BCUT2D eigenvalue weighted by atomic mass is 10.2. The molecule has 0 saturated heterocycles. The Morgan fingerprint density at radius 2 is 2.20 bits per heavy atom. The Bertz CT molecular complexity index is 354. The summed E-state index contributed by atoms with van der Waals surface area (Å²) in [6, 6.07) is 5.33. The Hall–Kier alpha value is -0.540. The Morgan fingerprint density at radius 3 is 2.80 bits per heavy atom. The van der Waals surface area contributed by atoms with Crippen LogP contribution in [-0.2, 0) is 16.6 Å². The van der Waals surface area contributed by atoms with Crippen molar-refractivity contribution in [3.8, 4) is 0 Å². The van der Waals surface area contributed by atoms with Crippen molar-refractivity contribution in [2.45, 2.75) is 25.5 Å². The molecule has 0 amide bonds. The van der Waals surface area contributed by atoms with Gasteiger partial charge in [0.1, 0.15) is 0 Å². The molecular weight excluding hydrogens is 230 g/mol. The maximum Gasteiger partial charge on any atom is 0.0505 e. The van der Waals surface area contributed by atoms with E-state index in [1.807, 2.05) is 6.07 Å². The first-order valence-electron chi connectivity index (χ1n) is 5.02. The van der Waals surface area contributed by atoms with Gasteiger partial charge in [-0.25, -0.2) is 0 Å². The van der Waals surface area contributed by atoms with Gasteiger partial charge < -0.3 is 5.73 Å². The Balaban J connectivity index is 2.60. The van der Waals surface area contributed by atoms with E-state index >= 15 is 0 Å². The smallest absolute Gasteiger partial charge is 0.0505 e. The topological polar surface area (TPSA) is 43.1 Å². The second kappa shape index (κ2) is 6.13. The molecule has 1 rings (SSSR count). The molecule has 0 bridgehead atoms. The van der Waals surface area contributed by atoms with Crippen LogP contribution in [0, 0.1) is 0 Å². The van der Waals surface area contributed by atoms with E-state index in [-0.39, 0.29) is 0 Å². The molecule has 1 aromatic carbocycles. The predicted molar refractivity (Wildman–Crippen MR) is 67.5 cm³/mol. The number of anilines is 1. The number of benzene rings is 1. The number of hydrogen-bond donors (Lipinski definition) is 1. The van der Waals surface area contributed by atoms with Crippen molar-refractivity contribution < 1.29 is 4.21 Å². The third kappa shape index (κ3) is 4.22. The molecule has 0 aliphatic rings. The van der Waals surface area contributed by atoms with Gasteiger partial charge in [0, 0.05) is 27.3 Å². The van der Waals surface area contributed by atoms with E-state index in [4.69, 9.17) is 17.3 Å². The number of nitrogen functional groups attached to an aromatic ring is 1. The second-order valence-electron chi connectivity index (χ2n) is 3.48. The summed E-state index contributed by atoms with van der Waals surface area (Å²) in [6.07, 6.45) is 2.07. The van der Waals surface area contributed by atoms with Gasteiger partial charge in [0.05, 0.1) is 5.75 Å². The molecule has 0 aliphatic carbocycles. The molecule has 4 heteroatoms. The van der Waals surface area contributed by atoms with Gasteiger partial charge in [-0.1, -0.05) is 31.0 Å². The SMILES string of the molecule is CCCCS(=O)Cc1ccc(Cl)cc1N. The summed E-state index contributed by atoms with van der Waals surface area (Å²) in [5.74, 6) is 1.28. The van der Waals surface area contributed by atoms with E-state index in [9.17, 15) is 4.21 Å². The van der Waals surface area contributed by atoms with Crippen molar-refractivity contribution in [2.75, 3.05) is 11.5 Å². The zero-order valence-corrected chi connectivity index (χ0v) is 10.4. The summed E-state index contributed by atoms with van der Waals surface area (Å²) < 4.78 is 11.6. The molecule has 1 unspecified atom stereocenters. The van der Waals surface area contributed by atoms with Crippen molar-refractivity contribution in [2.24, 2.45) is 0 Å². The van der Waals surface area contributed by atoms with Crippen molar-refractivity contribution in [1.29, 1.82) is 0 Å². The van der Waals surface area contributed by atoms with Crippen molar-refractivity contribution in [3.05, 3.63) is 28.8 Å². The first-order valence-corrected chi connectivity index (χ1v) is 6.89. The summed E-state index contributed by atoms with van der Waals surface area (Å²) in [5.41, 5.74) is 7.34. The van der Waals surface area contributed by atoms with Crippen LogP contribution in [0.1, 0.15) is 25.3 Å². The molecular formula is C11H16ClNOS. The first kappa shape index (κ1) is 12.5. The molecule has 0 spiro atoms. The molecule has 1 atom stereocenters. The third-order valence-electron chi connectivity index (χ3n) is 2.15. The van der Waals surface area contributed by atoms with E-state index < -0.39 is 10.8 Å². The minimum Gasteiger partial charge on any atom is -0.398 e. The fourth-order valence-corrected chi connectivity index (χ4v) is 2.79. The summed E-state index contributed by atoms with van der Waals surface area (Å²) in [4.78, 5) is 0. The van der Waals surface area contributed by atoms with Crippen molar-refractivity contribution in [3.63, 3.8) is 0 Å². The molecule has 0 heterocycles. The van der Waals surface area contributed by atoms with Crippen LogP contribution in [0.4, 0.5) is 5.69 Å². The van der Waals surface area contributed by atoms with Gasteiger partial charge in [-0.2, -0.15) is 0 Å². The molecule has 0 aliphatic heterocycles. The lowest BCUT2D eigenvalue weighted by Crippen LogP contribution is -2.03. The molecule has 2 N–H and O–H groups in total. The second-order valence-corrected chi connectivity index (χ2v) is 5.50.